The van der Waals surface area contributed by atoms with Crippen LogP contribution in [0.25, 0.3) is 0 Å². The predicted octanol–water partition coefficient (Wildman–Crippen LogP) is 2.17. The Balaban J connectivity index is 2.04. The molecule has 2 saturated heterocycles. The average Bonchev–Trinajstić information content (AvgIpc) is 2.64. The highest BCUT2D eigenvalue weighted by Crippen LogP contribution is 2.23. The first-order valence-corrected chi connectivity index (χ1v) is 7.28. The molecule has 2 aliphatic heterocycles. The highest BCUT2D eigenvalue weighted by atomic mass is 16.2. The van der Waals surface area contributed by atoms with Crippen molar-refractivity contribution in [2.24, 2.45) is 5.92 Å². The second-order valence-electron chi connectivity index (χ2n) is 5.64. The summed E-state index contributed by atoms with van der Waals surface area (Å²) >= 11 is 0. The van der Waals surface area contributed by atoms with E-state index in [-0.39, 0.29) is 6.04 Å². The number of likely N-dealkylation sites (tertiary alicyclic amines) is 1. The molecule has 98 valence electrons. The van der Waals surface area contributed by atoms with Crippen LogP contribution in [0.1, 0.15) is 52.4 Å². The Hall–Kier alpha value is -0.570. The third kappa shape index (κ3) is 2.82. The van der Waals surface area contributed by atoms with Crippen molar-refractivity contribution in [1.82, 2.24) is 10.2 Å². The van der Waals surface area contributed by atoms with Gasteiger partial charge < -0.3 is 10.2 Å². The molecule has 0 aromatic heterocycles. The number of nitrogens with one attached hydrogen (secondary N) is 1. The van der Waals surface area contributed by atoms with Gasteiger partial charge in [-0.25, -0.2) is 0 Å². The molecule has 0 bridgehead atoms. The SMILES string of the molecule is CCC1CCCCCN1C(=O)C1NCCC1C. The molecule has 2 heterocycles. The van der Waals surface area contributed by atoms with E-state index in [1.54, 1.807) is 0 Å². The van der Waals surface area contributed by atoms with Gasteiger partial charge in [0.1, 0.15) is 0 Å². The lowest BCUT2D eigenvalue weighted by Crippen LogP contribution is -2.49. The van der Waals surface area contributed by atoms with Crippen LogP contribution in [0.3, 0.4) is 0 Å². The van der Waals surface area contributed by atoms with E-state index in [0.717, 1.165) is 25.9 Å². The van der Waals surface area contributed by atoms with Crippen molar-refractivity contribution in [1.29, 1.82) is 0 Å². The van der Waals surface area contributed by atoms with Gasteiger partial charge in [0.15, 0.2) is 0 Å². The quantitative estimate of drug-likeness (QED) is 0.799. The molecule has 0 saturated carbocycles. The summed E-state index contributed by atoms with van der Waals surface area (Å²) in [5, 5.41) is 3.38. The fraction of sp³-hybridized carbons (Fsp3) is 0.929. The molecule has 1 amide bonds. The Morgan fingerprint density at radius 3 is 2.76 bits per heavy atom. The van der Waals surface area contributed by atoms with Crippen molar-refractivity contribution < 1.29 is 4.79 Å². The maximum atomic E-state index is 12.6. The average molecular weight is 238 g/mol. The molecule has 0 aromatic carbocycles. The van der Waals surface area contributed by atoms with E-state index < -0.39 is 0 Å². The monoisotopic (exact) mass is 238 g/mol. The molecular formula is C14H26N2O. The molecule has 0 aliphatic carbocycles. The van der Waals surface area contributed by atoms with Crippen molar-refractivity contribution in [3.8, 4) is 0 Å². The van der Waals surface area contributed by atoms with E-state index in [1.165, 1.54) is 25.7 Å². The number of hydrogen-bond donors (Lipinski definition) is 1. The summed E-state index contributed by atoms with van der Waals surface area (Å²) in [6.45, 7) is 6.38. The molecule has 3 nitrogen and oxygen atoms in total. The normalized spacial score (nSPS) is 34.7. The highest BCUT2D eigenvalue weighted by Gasteiger charge is 2.35. The number of carbonyl (C=O) groups is 1. The molecule has 1 N–H and O–H groups in total. The van der Waals surface area contributed by atoms with E-state index in [9.17, 15) is 4.79 Å². The summed E-state index contributed by atoms with van der Waals surface area (Å²) in [6, 6.07) is 0.571. The fourth-order valence-corrected chi connectivity index (χ4v) is 3.24. The van der Waals surface area contributed by atoms with Gasteiger partial charge in [0.05, 0.1) is 6.04 Å². The van der Waals surface area contributed by atoms with E-state index in [1.807, 2.05) is 0 Å². The van der Waals surface area contributed by atoms with Crippen LogP contribution < -0.4 is 5.32 Å². The van der Waals surface area contributed by atoms with Crippen LogP contribution in [0.15, 0.2) is 0 Å². The van der Waals surface area contributed by atoms with E-state index >= 15 is 0 Å². The van der Waals surface area contributed by atoms with Gasteiger partial charge >= 0.3 is 0 Å². The zero-order valence-corrected chi connectivity index (χ0v) is 11.2. The van der Waals surface area contributed by atoms with Crippen LogP contribution in [-0.2, 0) is 4.79 Å². The lowest BCUT2D eigenvalue weighted by atomic mass is 10.0. The standard InChI is InChI=1S/C14H26N2O/c1-3-12-7-5-4-6-10-16(12)14(17)13-11(2)8-9-15-13/h11-13,15H,3-10H2,1-2H3. The maximum Gasteiger partial charge on any atom is 0.240 e. The summed E-state index contributed by atoms with van der Waals surface area (Å²) in [5.74, 6) is 0.868. The van der Waals surface area contributed by atoms with Crippen LogP contribution in [0, 0.1) is 5.92 Å². The van der Waals surface area contributed by atoms with E-state index in [0.29, 0.717) is 17.9 Å². The number of amides is 1. The Kier molecular flexibility index (Phi) is 4.43. The largest absolute Gasteiger partial charge is 0.338 e. The third-order valence-electron chi connectivity index (χ3n) is 4.43. The molecule has 0 aromatic rings. The lowest BCUT2D eigenvalue weighted by Gasteiger charge is -2.32. The number of carbonyl (C=O) groups excluding carboxylic acids is 1. The van der Waals surface area contributed by atoms with Crippen LogP contribution in [0.5, 0.6) is 0 Å². The van der Waals surface area contributed by atoms with Crippen molar-refractivity contribution in [2.75, 3.05) is 13.1 Å². The molecule has 2 aliphatic rings. The van der Waals surface area contributed by atoms with Gasteiger partial charge in [-0.2, -0.15) is 0 Å². The first-order chi connectivity index (χ1) is 8.24. The van der Waals surface area contributed by atoms with Crippen LogP contribution >= 0.6 is 0 Å². The molecule has 17 heavy (non-hydrogen) atoms. The van der Waals surface area contributed by atoms with Crippen molar-refractivity contribution >= 4 is 5.91 Å². The van der Waals surface area contributed by atoms with Gasteiger partial charge in [0.2, 0.25) is 5.91 Å². The second-order valence-corrected chi connectivity index (χ2v) is 5.64. The van der Waals surface area contributed by atoms with Crippen molar-refractivity contribution in [3.05, 3.63) is 0 Å². The van der Waals surface area contributed by atoms with Gasteiger partial charge in [0, 0.05) is 12.6 Å². The molecule has 3 unspecified atom stereocenters. The summed E-state index contributed by atoms with van der Waals surface area (Å²) in [5.41, 5.74) is 0. The van der Waals surface area contributed by atoms with Crippen molar-refractivity contribution in [3.63, 3.8) is 0 Å². The molecular weight excluding hydrogens is 212 g/mol. The van der Waals surface area contributed by atoms with Gasteiger partial charge in [-0.3, -0.25) is 4.79 Å². The molecule has 0 radical (unpaired) electrons. The van der Waals surface area contributed by atoms with Gasteiger partial charge in [-0.15, -0.1) is 0 Å². The number of nitrogens with zero attached hydrogens (tertiary/aromatic N) is 1. The summed E-state index contributed by atoms with van der Waals surface area (Å²) in [6.07, 6.45) is 7.20. The van der Waals surface area contributed by atoms with E-state index in [2.05, 4.69) is 24.1 Å². The Morgan fingerprint density at radius 1 is 1.29 bits per heavy atom. The molecule has 3 heteroatoms. The number of rotatable bonds is 2. The van der Waals surface area contributed by atoms with Crippen LogP contribution in [0.2, 0.25) is 0 Å². The Morgan fingerprint density at radius 2 is 2.12 bits per heavy atom. The number of hydrogen-bond acceptors (Lipinski definition) is 2. The smallest absolute Gasteiger partial charge is 0.240 e. The second kappa shape index (κ2) is 5.85. The molecule has 2 fully saturated rings. The lowest BCUT2D eigenvalue weighted by molar-refractivity contribution is -0.136. The zero-order valence-electron chi connectivity index (χ0n) is 11.2. The molecule has 2 rings (SSSR count). The summed E-state index contributed by atoms with van der Waals surface area (Å²) < 4.78 is 0. The zero-order chi connectivity index (χ0) is 12.3. The van der Waals surface area contributed by atoms with Gasteiger partial charge in [-0.05, 0) is 38.1 Å². The summed E-state index contributed by atoms with van der Waals surface area (Å²) in [7, 11) is 0. The first-order valence-electron chi connectivity index (χ1n) is 7.28. The first kappa shape index (κ1) is 12.9. The molecule has 0 spiro atoms. The minimum absolute atomic E-state index is 0.0853. The minimum Gasteiger partial charge on any atom is -0.338 e. The maximum absolute atomic E-state index is 12.6. The third-order valence-corrected chi connectivity index (χ3v) is 4.43. The Labute approximate surface area is 105 Å². The van der Waals surface area contributed by atoms with Crippen LogP contribution in [0.4, 0.5) is 0 Å². The fourth-order valence-electron chi connectivity index (χ4n) is 3.24. The topological polar surface area (TPSA) is 32.3 Å². The Bertz CT molecular complexity index is 267. The van der Waals surface area contributed by atoms with E-state index in [4.69, 9.17) is 0 Å². The minimum atomic E-state index is 0.0853. The highest BCUT2D eigenvalue weighted by molar-refractivity contribution is 5.82. The van der Waals surface area contributed by atoms with Crippen LogP contribution in [-0.4, -0.2) is 36.0 Å². The van der Waals surface area contributed by atoms with Gasteiger partial charge in [0.25, 0.3) is 0 Å². The summed E-state index contributed by atoms with van der Waals surface area (Å²) in [4.78, 5) is 14.8. The molecule has 3 atom stereocenters. The predicted molar refractivity (Wildman–Crippen MR) is 69.8 cm³/mol. The van der Waals surface area contributed by atoms with Crippen molar-refractivity contribution in [2.45, 2.75) is 64.5 Å². The van der Waals surface area contributed by atoms with Gasteiger partial charge in [-0.1, -0.05) is 26.7 Å².